The van der Waals surface area contributed by atoms with Gasteiger partial charge >= 0.3 is 0 Å². The van der Waals surface area contributed by atoms with Gasteiger partial charge in [0.25, 0.3) is 0 Å². The number of nitrogens with one attached hydrogen (secondary N) is 1. The van der Waals surface area contributed by atoms with Crippen LogP contribution < -0.4 is 5.32 Å². The molecule has 1 aromatic heterocycles. The average Bonchev–Trinajstić information content (AvgIpc) is 2.20. The molecule has 1 unspecified atom stereocenters. The van der Waals surface area contributed by atoms with E-state index >= 15 is 0 Å². The number of nitrogens with zero attached hydrogens (tertiary/aromatic N) is 2. The summed E-state index contributed by atoms with van der Waals surface area (Å²) >= 11 is 0. The molecule has 2 N–H and O–H groups in total. The Kier molecular flexibility index (Phi) is 3.83. The third kappa shape index (κ3) is 2.96. The van der Waals surface area contributed by atoms with Gasteiger partial charge in [0.1, 0.15) is 5.82 Å². The van der Waals surface area contributed by atoms with Gasteiger partial charge in [0.2, 0.25) is 0 Å². The SMILES string of the molecule is CCC(C)(CCO)Nc1cccnn1. The van der Waals surface area contributed by atoms with Crippen molar-refractivity contribution in [3.05, 3.63) is 18.3 Å². The van der Waals surface area contributed by atoms with Crippen LogP contribution in [0.1, 0.15) is 26.7 Å². The molecule has 4 nitrogen and oxygen atoms in total. The summed E-state index contributed by atoms with van der Waals surface area (Å²) in [6.45, 7) is 4.33. The lowest BCUT2D eigenvalue weighted by Crippen LogP contribution is -2.35. The average molecular weight is 195 g/mol. The summed E-state index contributed by atoms with van der Waals surface area (Å²) < 4.78 is 0. The largest absolute Gasteiger partial charge is 0.396 e. The zero-order valence-electron chi connectivity index (χ0n) is 8.70. The Balaban J connectivity index is 2.65. The first-order valence-electron chi connectivity index (χ1n) is 4.87. The molecule has 0 aliphatic rings. The minimum absolute atomic E-state index is 0.106. The van der Waals surface area contributed by atoms with Crippen LogP contribution >= 0.6 is 0 Å². The van der Waals surface area contributed by atoms with E-state index in [0.29, 0.717) is 6.42 Å². The summed E-state index contributed by atoms with van der Waals surface area (Å²) in [6.07, 6.45) is 3.28. The van der Waals surface area contributed by atoms with E-state index in [9.17, 15) is 0 Å². The van der Waals surface area contributed by atoms with Crippen molar-refractivity contribution in [1.82, 2.24) is 10.2 Å². The Morgan fingerprint density at radius 1 is 1.57 bits per heavy atom. The normalized spacial score (nSPS) is 14.8. The maximum Gasteiger partial charge on any atom is 0.149 e. The molecule has 0 bridgehead atoms. The van der Waals surface area contributed by atoms with Gasteiger partial charge in [0, 0.05) is 18.3 Å². The molecule has 14 heavy (non-hydrogen) atoms. The lowest BCUT2D eigenvalue weighted by atomic mass is 9.95. The fourth-order valence-electron chi connectivity index (χ4n) is 1.25. The van der Waals surface area contributed by atoms with E-state index in [2.05, 4.69) is 29.4 Å². The molecule has 78 valence electrons. The number of anilines is 1. The van der Waals surface area contributed by atoms with Crippen LogP contribution in [0.5, 0.6) is 0 Å². The highest BCUT2D eigenvalue weighted by Crippen LogP contribution is 2.19. The number of aliphatic hydroxyl groups is 1. The van der Waals surface area contributed by atoms with Crippen LogP contribution in [0, 0.1) is 0 Å². The highest BCUT2D eigenvalue weighted by Gasteiger charge is 2.21. The molecule has 1 aromatic rings. The van der Waals surface area contributed by atoms with Crippen molar-refractivity contribution in [2.45, 2.75) is 32.2 Å². The fourth-order valence-corrected chi connectivity index (χ4v) is 1.25. The second kappa shape index (κ2) is 4.91. The van der Waals surface area contributed by atoms with E-state index in [-0.39, 0.29) is 12.1 Å². The lowest BCUT2D eigenvalue weighted by Gasteiger charge is -2.29. The van der Waals surface area contributed by atoms with Gasteiger partial charge in [0.05, 0.1) is 0 Å². The van der Waals surface area contributed by atoms with Gasteiger partial charge in [-0.2, -0.15) is 5.10 Å². The second-order valence-corrected chi connectivity index (χ2v) is 3.62. The van der Waals surface area contributed by atoms with Crippen LogP contribution in [0.25, 0.3) is 0 Å². The summed E-state index contributed by atoms with van der Waals surface area (Å²) in [4.78, 5) is 0. The quantitative estimate of drug-likeness (QED) is 0.746. The summed E-state index contributed by atoms with van der Waals surface area (Å²) in [6, 6.07) is 3.71. The molecule has 0 amide bonds. The highest BCUT2D eigenvalue weighted by atomic mass is 16.3. The molecule has 0 spiro atoms. The summed E-state index contributed by atoms with van der Waals surface area (Å²) in [5.41, 5.74) is -0.106. The Morgan fingerprint density at radius 3 is 2.86 bits per heavy atom. The van der Waals surface area contributed by atoms with Gasteiger partial charge in [-0.1, -0.05) is 6.92 Å². The van der Waals surface area contributed by atoms with Crippen molar-refractivity contribution in [3.8, 4) is 0 Å². The van der Waals surface area contributed by atoms with E-state index < -0.39 is 0 Å². The minimum Gasteiger partial charge on any atom is -0.396 e. The molecule has 4 heteroatoms. The van der Waals surface area contributed by atoms with Crippen molar-refractivity contribution < 1.29 is 5.11 Å². The standard InChI is InChI=1S/C10H17N3O/c1-3-10(2,6-8-14)12-9-5-4-7-11-13-9/h4-5,7,14H,3,6,8H2,1-2H3,(H,12,13). The highest BCUT2D eigenvalue weighted by molar-refractivity contribution is 5.35. The topological polar surface area (TPSA) is 58.0 Å². The van der Waals surface area contributed by atoms with Crippen molar-refractivity contribution in [2.24, 2.45) is 0 Å². The molecule has 0 aliphatic carbocycles. The molecule has 1 rings (SSSR count). The minimum atomic E-state index is -0.106. The van der Waals surface area contributed by atoms with Crippen LogP contribution in [-0.4, -0.2) is 27.4 Å². The third-order valence-corrected chi connectivity index (χ3v) is 2.45. The number of aromatic nitrogens is 2. The summed E-state index contributed by atoms with van der Waals surface area (Å²) in [5.74, 6) is 0.755. The Morgan fingerprint density at radius 2 is 2.36 bits per heavy atom. The van der Waals surface area contributed by atoms with Crippen molar-refractivity contribution >= 4 is 5.82 Å². The molecular weight excluding hydrogens is 178 g/mol. The van der Waals surface area contributed by atoms with E-state index in [4.69, 9.17) is 5.11 Å². The molecular formula is C10H17N3O. The van der Waals surface area contributed by atoms with Crippen LogP contribution in [-0.2, 0) is 0 Å². The van der Waals surface area contributed by atoms with Crippen LogP contribution in [0.4, 0.5) is 5.82 Å². The molecule has 0 aliphatic heterocycles. The van der Waals surface area contributed by atoms with E-state index in [0.717, 1.165) is 12.2 Å². The van der Waals surface area contributed by atoms with E-state index in [1.807, 2.05) is 12.1 Å². The van der Waals surface area contributed by atoms with Crippen LogP contribution in [0.3, 0.4) is 0 Å². The van der Waals surface area contributed by atoms with Crippen LogP contribution in [0.15, 0.2) is 18.3 Å². The number of hydrogen-bond acceptors (Lipinski definition) is 4. The maximum absolute atomic E-state index is 8.93. The number of hydrogen-bond donors (Lipinski definition) is 2. The molecule has 0 aromatic carbocycles. The molecule has 1 atom stereocenters. The first-order chi connectivity index (χ1) is 6.70. The monoisotopic (exact) mass is 195 g/mol. The molecule has 0 saturated carbocycles. The first kappa shape index (κ1) is 10.9. The second-order valence-electron chi connectivity index (χ2n) is 3.62. The molecule has 0 fully saturated rings. The van der Waals surface area contributed by atoms with Gasteiger partial charge in [-0.15, -0.1) is 5.10 Å². The van der Waals surface area contributed by atoms with Crippen molar-refractivity contribution in [2.75, 3.05) is 11.9 Å². The van der Waals surface area contributed by atoms with Gasteiger partial charge in [-0.05, 0) is 31.9 Å². The smallest absolute Gasteiger partial charge is 0.149 e. The zero-order valence-corrected chi connectivity index (χ0v) is 8.70. The van der Waals surface area contributed by atoms with Crippen LogP contribution in [0.2, 0.25) is 0 Å². The Bertz CT molecular complexity index is 265. The molecule has 0 saturated heterocycles. The molecule has 0 radical (unpaired) electrons. The molecule has 1 heterocycles. The van der Waals surface area contributed by atoms with Gasteiger partial charge in [-0.3, -0.25) is 0 Å². The third-order valence-electron chi connectivity index (χ3n) is 2.45. The number of rotatable bonds is 5. The predicted molar refractivity (Wildman–Crippen MR) is 56.1 cm³/mol. The first-order valence-corrected chi connectivity index (χ1v) is 4.87. The Hall–Kier alpha value is -1.16. The fraction of sp³-hybridized carbons (Fsp3) is 0.600. The van der Waals surface area contributed by atoms with Gasteiger partial charge < -0.3 is 10.4 Å². The van der Waals surface area contributed by atoms with Crippen molar-refractivity contribution in [3.63, 3.8) is 0 Å². The van der Waals surface area contributed by atoms with E-state index in [1.165, 1.54) is 0 Å². The zero-order chi connectivity index (χ0) is 10.4. The number of aliphatic hydroxyl groups excluding tert-OH is 1. The summed E-state index contributed by atoms with van der Waals surface area (Å²) in [7, 11) is 0. The van der Waals surface area contributed by atoms with E-state index in [1.54, 1.807) is 6.20 Å². The van der Waals surface area contributed by atoms with Gasteiger partial charge in [0.15, 0.2) is 0 Å². The Labute approximate surface area is 84.4 Å². The maximum atomic E-state index is 8.93. The van der Waals surface area contributed by atoms with Crippen molar-refractivity contribution in [1.29, 1.82) is 0 Å². The predicted octanol–water partition coefficient (Wildman–Crippen LogP) is 1.44. The lowest BCUT2D eigenvalue weighted by molar-refractivity contribution is 0.251. The summed E-state index contributed by atoms with van der Waals surface area (Å²) in [5, 5.41) is 19.9. The van der Waals surface area contributed by atoms with Gasteiger partial charge in [-0.25, -0.2) is 0 Å².